The Morgan fingerprint density at radius 2 is 2.43 bits per heavy atom. The zero-order valence-corrected chi connectivity index (χ0v) is 9.60. The number of nitrogens with zero attached hydrogens (tertiary/aromatic N) is 2. The number of H-pyrrole nitrogens is 1. The summed E-state index contributed by atoms with van der Waals surface area (Å²) in [5.41, 5.74) is 1.15. The molecule has 2 heterocycles. The van der Waals surface area contributed by atoms with E-state index in [1.54, 1.807) is 0 Å². The van der Waals surface area contributed by atoms with Gasteiger partial charge in [-0.1, -0.05) is 0 Å². The van der Waals surface area contributed by atoms with Crippen molar-refractivity contribution in [3.05, 3.63) is 16.7 Å². The topological polar surface area (TPSA) is 24.0 Å². The van der Waals surface area contributed by atoms with Gasteiger partial charge in [-0.2, -0.15) is 0 Å². The van der Waals surface area contributed by atoms with E-state index in [0.29, 0.717) is 6.04 Å². The van der Waals surface area contributed by atoms with Crippen LogP contribution in [-0.2, 0) is 6.54 Å². The maximum Gasteiger partial charge on any atom is 0.177 e. The van der Waals surface area contributed by atoms with Crippen LogP contribution >= 0.6 is 12.2 Å². The average Bonchev–Trinajstić information content (AvgIpc) is 2.62. The Morgan fingerprint density at radius 1 is 1.64 bits per heavy atom. The van der Waals surface area contributed by atoms with Gasteiger partial charge in [-0.15, -0.1) is 0 Å². The molecular formula is C10H17N3S. The number of imidazole rings is 1. The molecule has 2 rings (SSSR count). The lowest BCUT2D eigenvalue weighted by atomic mass is 10.2. The highest BCUT2D eigenvalue weighted by Gasteiger charge is 2.21. The molecule has 1 aliphatic rings. The van der Waals surface area contributed by atoms with E-state index in [1.165, 1.54) is 19.4 Å². The van der Waals surface area contributed by atoms with Crippen LogP contribution in [0.4, 0.5) is 0 Å². The number of aryl methyl sites for hydroxylation is 1. The zero-order chi connectivity index (χ0) is 10.1. The van der Waals surface area contributed by atoms with E-state index in [0.717, 1.165) is 17.0 Å². The largest absolute Gasteiger partial charge is 0.335 e. The molecule has 0 radical (unpaired) electrons. The third kappa shape index (κ3) is 1.91. The molecule has 0 aliphatic carbocycles. The van der Waals surface area contributed by atoms with E-state index < -0.39 is 0 Å². The van der Waals surface area contributed by atoms with Crippen molar-refractivity contribution in [2.24, 2.45) is 0 Å². The normalized spacial score (nSPS) is 23.1. The van der Waals surface area contributed by atoms with Crippen LogP contribution in [0.15, 0.2) is 6.20 Å². The van der Waals surface area contributed by atoms with E-state index in [-0.39, 0.29) is 0 Å². The summed E-state index contributed by atoms with van der Waals surface area (Å²) in [7, 11) is 2.20. The third-order valence-corrected chi connectivity index (χ3v) is 3.33. The molecule has 78 valence electrons. The van der Waals surface area contributed by atoms with Crippen LogP contribution in [-0.4, -0.2) is 34.1 Å². The average molecular weight is 211 g/mol. The Morgan fingerprint density at radius 3 is 2.93 bits per heavy atom. The molecule has 0 aromatic carbocycles. The van der Waals surface area contributed by atoms with Gasteiger partial charge in [-0.25, -0.2) is 0 Å². The molecule has 3 nitrogen and oxygen atoms in total. The first-order chi connectivity index (χ1) is 6.66. The van der Waals surface area contributed by atoms with E-state index in [9.17, 15) is 0 Å². The van der Waals surface area contributed by atoms with Gasteiger partial charge in [0, 0.05) is 24.5 Å². The second-order valence-electron chi connectivity index (χ2n) is 4.17. The monoisotopic (exact) mass is 211 g/mol. The summed E-state index contributed by atoms with van der Waals surface area (Å²) in [6, 6.07) is 0.664. The third-order valence-electron chi connectivity index (χ3n) is 2.99. The van der Waals surface area contributed by atoms with E-state index in [2.05, 4.69) is 27.7 Å². The first-order valence-electron chi connectivity index (χ1n) is 5.13. The standard InChI is InChI=1S/C10H17N3S/c1-8-6-13(10(14)11-8)7-9-4-3-5-12(9)2/h6,9H,3-5,7H2,1-2H3,(H,11,14). The fourth-order valence-electron chi connectivity index (χ4n) is 2.14. The lowest BCUT2D eigenvalue weighted by Crippen LogP contribution is -2.29. The van der Waals surface area contributed by atoms with Gasteiger partial charge in [0.15, 0.2) is 4.77 Å². The number of aromatic amines is 1. The van der Waals surface area contributed by atoms with Gasteiger partial charge >= 0.3 is 0 Å². The minimum Gasteiger partial charge on any atom is -0.335 e. The van der Waals surface area contributed by atoms with Gasteiger partial charge in [0.2, 0.25) is 0 Å². The van der Waals surface area contributed by atoms with Gasteiger partial charge < -0.3 is 14.5 Å². The van der Waals surface area contributed by atoms with Crippen molar-refractivity contribution in [1.29, 1.82) is 0 Å². The Labute approximate surface area is 89.7 Å². The number of hydrogen-bond donors (Lipinski definition) is 1. The molecule has 1 N–H and O–H groups in total. The summed E-state index contributed by atoms with van der Waals surface area (Å²) in [6.07, 6.45) is 4.72. The number of likely N-dealkylation sites (tertiary alicyclic amines) is 1. The van der Waals surface area contributed by atoms with Crippen LogP contribution < -0.4 is 0 Å². The van der Waals surface area contributed by atoms with Crippen LogP contribution in [0, 0.1) is 11.7 Å². The molecule has 1 atom stereocenters. The molecular weight excluding hydrogens is 194 g/mol. The predicted octanol–water partition coefficient (Wildman–Crippen LogP) is 1.95. The number of aromatic nitrogens is 2. The van der Waals surface area contributed by atoms with Crippen LogP contribution in [0.5, 0.6) is 0 Å². The van der Waals surface area contributed by atoms with Crippen LogP contribution in [0.2, 0.25) is 0 Å². The molecule has 0 bridgehead atoms. The predicted molar refractivity (Wildman–Crippen MR) is 60.0 cm³/mol. The highest BCUT2D eigenvalue weighted by atomic mass is 32.1. The number of nitrogens with one attached hydrogen (secondary N) is 1. The van der Waals surface area contributed by atoms with Crippen molar-refractivity contribution in [2.75, 3.05) is 13.6 Å². The van der Waals surface area contributed by atoms with Crippen molar-refractivity contribution >= 4 is 12.2 Å². The SMILES string of the molecule is Cc1cn(CC2CCCN2C)c(=S)[nH]1. The quantitative estimate of drug-likeness (QED) is 0.756. The second-order valence-corrected chi connectivity index (χ2v) is 4.56. The fraction of sp³-hybridized carbons (Fsp3) is 0.700. The molecule has 0 spiro atoms. The van der Waals surface area contributed by atoms with E-state index in [4.69, 9.17) is 12.2 Å². The summed E-state index contributed by atoms with van der Waals surface area (Å²) in [5.74, 6) is 0. The molecule has 1 aliphatic heterocycles. The summed E-state index contributed by atoms with van der Waals surface area (Å²) in [4.78, 5) is 5.58. The Balaban J connectivity index is 2.10. The van der Waals surface area contributed by atoms with Crippen LogP contribution in [0.3, 0.4) is 0 Å². The summed E-state index contributed by atoms with van der Waals surface area (Å²) < 4.78 is 3.00. The molecule has 1 saturated heterocycles. The lowest BCUT2D eigenvalue weighted by Gasteiger charge is -2.19. The molecule has 4 heteroatoms. The molecule has 1 unspecified atom stereocenters. The highest BCUT2D eigenvalue weighted by molar-refractivity contribution is 7.71. The first kappa shape index (κ1) is 9.93. The fourth-order valence-corrected chi connectivity index (χ4v) is 2.43. The molecule has 0 saturated carbocycles. The molecule has 1 aromatic heterocycles. The molecule has 1 fully saturated rings. The van der Waals surface area contributed by atoms with Crippen molar-refractivity contribution in [3.63, 3.8) is 0 Å². The maximum atomic E-state index is 5.23. The Kier molecular flexibility index (Phi) is 2.74. The zero-order valence-electron chi connectivity index (χ0n) is 8.79. The molecule has 1 aromatic rings. The van der Waals surface area contributed by atoms with Gasteiger partial charge in [-0.3, -0.25) is 0 Å². The smallest absolute Gasteiger partial charge is 0.177 e. The first-order valence-corrected chi connectivity index (χ1v) is 5.54. The van der Waals surface area contributed by atoms with Crippen molar-refractivity contribution in [2.45, 2.75) is 32.4 Å². The van der Waals surface area contributed by atoms with E-state index >= 15 is 0 Å². The number of rotatable bonds is 2. The summed E-state index contributed by atoms with van der Waals surface area (Å²) in [6.45, 7) is 4.30. The van der Waals surface area contributed by atoms with Gasteiger partial charge in [-0.05, 0) is 45.6 Å². The molecule has 14 heavy (non-hydrogen) atoms. The van der Waals surface area contributed by atoms with E-state index in [1.807, 2.05) is 6.92 Å². The summed E-state index contributed by atoms with van der Waals surface area (Å²) >= 11 is 5.23. The van der Waals surface area contributed by atoms with Crippen molar-refractivity contribution in [3.8, 4) is 0 Å². The van der Waals surface area contributed by atoms with Crippen LogP contribution in [0.1, 0.15) is 18.5 Å². The maximum absolute atomic E-state index is 5.23. The van der Waals surface area contributed by atoms with Crippen LogP contribution in [0.25, 0.3) is 0 Å². The van der Waals surface area contributed by atoms with Gasteiger partial charge in [0.25, 0.3) is 0 Å². The minimum atomic E-state index is 0.664. The van der Waals surface area contributed by atoms with Gasteiger partial charge in [0.1, 0.15) is 0 Å². The van der Waals surface area contributed by atoms with Crippen molar-refractivity contribution in [1.82, 2.24) is 14.5 Å². The Hall–Kier alpha value is -0.610. The summed E-state index contributed by atoms with van der Waals surface area (Å²) in [5, 5.41) is 0. The van der Waals surface area contributed by atoms with Crippen molar-refractivity contribution < 1.29 is 0 Å². The highest BCUT2D eigenvalue weighted by Crippen LogP contribution is 2.16. The molecule has 0 amide bonds. The minimum absolute atomic E-state index is 0.664. The van der Waals surface area contributed by atoms with Gasteiger partial charge in [0.05, 0.1) is 0 Å². The lowest BCUT2D eigenvalue weighted by molar-refractivity contribution is 0.281. The Bertz CT molecular complexity index is 366. The number of hydrogen-bond acceptors (Lipinski definition) is 2. The number of likely N-dealkylation sites (N-methyl/N-ethyl adjacent to an activating group) is 1. The second kappa shape index (κ2) is 3.87.